The van der Waals surface area contributed by atoms with Crippen molar-refractivity contribution in [3.05, 3.63) is 88.5 Å². The topological polar surface area (TPSA) is 105 Å². The number of nitrogens with zero attached hydrogens (tertiary/aromatic N) is 2. The summed E-state index contributed by atoms with van der Waals surface area (Å²) in [5.74, 6) is -0.235. The maximum Gasteiger partial charge on any atom is 0.344 e. The molecule has 1 atom stereocenters. The van der Waals surface area contributed by atoms with Gasteiger partial charge in [-0.1, -0.05) is 41.2 Å². The van der Waals surface area contributed by atoms with Crippen LogP contribution in [0.4, 0.5) is 0 Å². The maximum atomic E-state index is 13.9. The van der Waals surface area contributed by atoms with E-state index >= 15 is 0 Å². The molecule has 0 radical (unpaired) electrons. The Morgan fingerprint density at radius 3 is 2.39 bits per heavy atom. The smallest absolute Gasteiger partial charge is 0.344 e. The van der Waals surface area contributed by atoms with Gasteiger partial charge in [-0.05, 0) is 79.9 Å². The van der Waals surface area contributed by atoms with Crippen LogP contribution in [0.2, 0.25) is 0 Å². The minimum atomic E-state index is -0.683. The average Bonchev–Trinajstić information content (AvgIpc) is 3.22. The van der Waals surface area contributed by atoms with Gasteiger partial charge in [0.2, 0.25) is 0 Å². The van der Waals surface area contributed by atoms with E-state index < -0.39 is 18.0 Å². The normalized spacial score (nSPS) is 14.8. The van der Waals surface area contributed by atoms with Gasteiger partial charge in [-0.3, -0.25) is 9.36 Å². The van der Waals surface area contributed by atoms with E-state index in [4.69, 9.17) is 18.9 Å². The van der Waals surface area contributed by atoms with E-state index in [1.807, 2.05) is 38.1 Å². The first-order valence-corrected chi connectivity index (χ1v) is 14.8. The largest absolute Gasteiger partial charge is 0.490 e. The molecule has 0 aliphatic carbocycles. The molecule has 9 nitrogen and oxygen atoms in total. The molecule has 2 aromatic carbocycles. The van der Waals surface area contributed by atoms with Crippen LogP contribution in [0, 0.1) is 6.92 Å². The van der Waals surface area contributed by atoms with Crippen LogP contribution in [0.5, 0.6) is 11.5 Å². The number of fused-ring (bicyclic) bond motifs is 1. The fourth-order valence-electron chi connectivity index (χ4n) is 4.42. The third kappa shape index (κ3) is 6.62. The molecule has 2 heterocycles. The van der Waals surface area contributed by atoms with Crippen molar-refractivity contribution in [1.82, 2.24) is 4.57 Å². The van der Waals surface area contributed by atoms with Crippen LogP contribution in [0.25, 0.3) is 6.08 Å². The number of carbonyl (C=O) groups is 2. The molecule has 0 saturated heterocycles. The van der Waals surface area contributed by atoms with E-state index in [0.29, 0.717) is 48.7 Å². The van der Waals surface area contributed by atoms with Gasteiger partial charge in [-0.2, -0.15) is 0 Å². The molecule has 216 valence electrons. The lowest BCUT2D eigenvalue weighted by molar-refractivity contribution is -0.145. The molecule has 4 rings (SSSR count). The maximum absolute atomic E-state index is 13.9. The lowest BCUT2D eigenvalue weighted by atomic mass is 9.95. The monoisotopic (exact) mass is 642 g/mol. The molecule has 1 aromatic heterocycles. The molecule has 11 heteroatoms. The van der Waals surface area contributed by atoms with Crippen LogP contribution >= 0.6 is 27.3 Å². The highest BCUT2D eigenvalue weighted by Gasteiger charge is 2.33. The van der Waals surface area contributed by atoms with E-state index in [9.17, 15) is 14.4 Å². The van der Waals surface area contributed by atoms with Gasteiger partial charge in [0.1, 0.15) is 0 Å². The highest BCUT2D eigenvalue weighted by atomic mass is 79.9. The van der Waals surface area contributed by atoms with Crippen molar-refractivity contribution in [2.75, 3.05) is 26.4 Å². The predicted octanol–water partition coefficient (Wildman–Crippen LogP) is 4.21. The number of aryl methyl sites for hydroxylation is 1. The highest BCUT2D eigenvalue weighted by Crippen LogP contribution is 2.37. The predicted molar refractivity (Wildman–Crippen MR) is 159 cm³/mol. The zero-order valence-electron chi connectivity index (χ0n) is 23.5. The Labute approximate surface area is 249 Å². The molecule has 0 amide bonds. The van der Waals surface area contributed by atoms with Crippen LogP contribution < -0.4 is 24.4 Å². The minimum Gasteiger partial charge on any atom is -0.490 e. The van der Waals surface area contributed by atoms with E-state index in [0.717, 1.165) is 11.1 Å². The molecule has 1 aliphatic rings. The lowest BCUT2D eigenvalue weighted by Crippen LogP contribution is -2.39. The van der Waals surface area contributed by atoms with Gasteiger partial charge >= 0.3 is 11.9 Å². The first-order chi connectivity index (χ1) is 19.7. The lowest BCUT2D eigenvalue weighted by Gasteiger charge is -2.24. The zero-order chi connectivity index (χ0) is 29.7. The molecular formula is C30H31BrN2O7S. The second-order valence-corrected chi connectivity index (χ2v) is 10.9. The number of aromatic nitrogens is 1. The molecule has 0 saturated carbocycles. The first-order valence-electron chi connectivity index (χ1n) is 13.2. The van der Waals surface area contributed by atoms with Crippen molar-refractivity contribution in [1.29, 1.82) is 0 Å². The Morgan fingerprint density at radius 1 is 1.02 bits per heavy atom. The number of allylic oxidation sites excluding steroid dienone is 1. The summed E-state index contributed by atoms with van der Waals surface area (Å²) in [5.41, 5.74) is 3.06. The summed E-state index contributed by atoms with van der Waals surface area (Å²) in [6.45, 7) is 9.58. The summed E-state index contributed by atoms with van der Waals surface area (Å²) in [6.07, 6.45) is 1.74. The number of hydrogen-bond donors (Lipinski definition) is 0. The van der Waals surface area contributed by atoms with Crippen LogP contribution in [-0.4, -0.2) is 42.9 Å². The SMILES string of the molecule is CCOC(=O)COc1c(Br)cc(/C=c2/sc3n(c2=O)[C@@H](c2ccc(C)cc2)C(C(=O)OCC)=C(C)N=3)cc1OCC. The van der Waals surface area contributed by atoms with Crippen molar-refractivity contribution in [3.63, 3.8) is 0 Å². The molecule has 0 N–H and O–H groups in total. The Bertz CT molecular complexity index is 1670. The third-order valence-corrected chi connectivity index (χ3v) is 7.75. The summed E-state index contributed by atoms with van der Waals surface area (Å²) >= 11 is 4.74. The molecule has 41 heavy (non-hydrogen) atoms. The highest BCUT2D eigenvalue weighted by molar-refractivity contribution is 9.10. The molecule has 1 aliphatic heterocycles. The number of thiazole rings is 1. The van der Waals surface area contributed by atoms with E-state index in [1.165, 1.54) is 11.3 Å². The Hall–Kier alpha value is -3.70. The Kier molecular flexibility index (Phi) is 9.82. The summed E-state index contributed by atoms with van der Waals surface area (Å²) in [5, 5.41) is 0. The van der Waals surface area contributed by atoms with Gasteiger partial charge in [0.15, 0.2) is 22.9 Å². The summed E-state index contributed by atoms with van der Waals surface area (Å²) in [4.78, 5) is 43.9. The molecule has 0 unspecified atom stereocenters. The number of hydrogen-bond acceptors (Lipinski definition) is 9. The summed E-state index contributed by atoms with van der Waals surface area (Å²) in [7, 11) is 0. The van der Waals surface area contributed by atoms with E-state index in [-0.39, 0.29) is 25.4 Å². The number of benzene rings is 2. The average molecular weight is 644 g/mol. The van der Waals surface area contributed by atoms with E-state index in [1.54, 1.807) is 43.5 Å². The minimum absolute atomic E-state index is 0.206. The van der Waals surface area contributed by atoms with Crippen molar-refractivity contribution < 1.29 is 28.5 Å². The number of ether oxygens (including phenoxy) is 4. The fraction of sp³-hybridized carbons (Fsp3) is 0.333. The molecule has 0 fully saturated rings. The van der Waals surface area contributed by atoms with Crippen LogP contribution in [0.3, 0.4) is 0 Å². The van der Waals surface area contributed by atoms with Gasteiger partial charge < -0.3 is 18.9 Å². The Morgan fingerprint density at radius 2 is 1.73 bits per heavy atom. The van der Waals surface area contributed by atoms with Crippen molar-refractivity contribution >= 4 is 45.3 Å². The molecule has 0 spiro atoms. The second-order valence-electron chi connectivity index (χ2n) is 9.07. The van der Waals surface area contributed by atoms with Gasteiger partial charge in [-0.15, -0.1) is 0 Å². The van der Waals surface area contributed by atoms with Gasteiger partial charge in [0.05, 0.1) is 46.1 Å². The van der Waals surface area contributed by atoms with E-state index in [2.05, 4.69) is 20.9 Å². The number of halogens is 1. The van der Waals surface area contributed by atoms with Gasteiger partial charge in [-0.25, -0.2) is 14.6 Å². The summed E-state index contributed by atoms with van der Waals surface area (Å²) in [6, 6.07) is 10.5. The standard InChI is InChI=1S/C30H31BrN2O7S/c1-6-37-22-14-19(13-21(31)27(22)40-16-24(34)38-7-2)15-23-28(35)33-26(20-11-9-17(4)10-12-20)25(29(36)39-8-3)18(5)32-30(33)41-23/h9-15,26H,6-8,16H2,1-5H3/b23-15+/t26-/m0/s1. The molecule has 0 bridgehead atoms. The molecular weight excluding hydrogens is 612 g/mol. The number of rotatable bonds is 10. The van der Waals surface area contributed by atoms with Crippen LogP contribution in [0.15, 0.2) is 61.9 Å². The first kappa shape index (κ1) is 30.3. The Balaban J connectivity index is 1.83. The number of carbonyl (C=O) groups excluding carboxylic acids is 2. The van der Waals surface area contributed by atoms with Crippen LogP contribution in [-0.2, 0) is 19.1 Å². The van der Waals surface area contributed by atoms with Crippen molar-refractivity contribution in [2.24, 2.45) is 4.99 Å². The van der Waals surface area contributed by atoms with Gasteiger partial charge in [0.25, 0.3) is 5.56 Å². The van der Waals surface area contributed by atoms with Crippen molar-refractivity contribution in [3.8, 4) is 11.5 Å². The fourth-order valence-corrected chi connectivity index (χ4v) is 6.04. The number of esters is 2. The van der Waals surface area contributed by atoms with Crippen LogP contribution in [0.1, 0.15) is 50.4 Å². The molecule has 3 aromatic rings. The van der Waals surface area contributed by atoms with Crippen molar-refractivity contribution in [2.45, 2.75) is 40.7 Å². The third-order valence-electron chi connectivity index (χ3n) is 6.18. The zero-order valence-corrected chi connectivity index (χ0v) is 25.9. The second kappa shape index (κ2) is 13.3. The quantitative estimate of drug-likeness (QED) is 0.305. The summed E-state index contributed by atoms with van der Waals surface area (Å²) < 4.78 is 24.3. The van der Waals surface area contributed by atoms with Gasteiger partial charge in [0, 0.05) is 0 Å².